The fraction of sp³-hybridized carbons (Fsp3) is 0.571. The predicted octanol–water partition coefficient (Wildman–Crippen LogP) is 2.51. The summed E-state index contributed by atoms with van der Waals surface area (Å²) in [5.74, 6) is 0.806. The lowest BCUT2D eigenvalue weighted by Gasteiger charge is -2.16. The fourth-order valence-electron chi connectivity index (χ4n) is 1.76. The first kappa shape index (κ1) is 14.0. The predicted molar refractivity (Wildman–Crippen MR) is 70.3 cm³/mol. The number of benzene rings is 1. The van der Waals surface area contributed by atoms with Crippen molar-refractivity contribution in [3.63, 3.8) is 0 Å². The van der Waals surface area contributed by atoms with Crippen molar-refractivity contribution in [3.8, 4) is 5.75 Å². The van der Waals surface area contributed by atoms with E-state index in [1.165, 1.54) is 5.56 Å². The van der Waals surface area contributed by atoms with E-state index in [2.05, 4.69) is 31.3 Å². The maximum absolute atomic E-state index is 9.13. The van der Waals surface area contributed by atoms with Gasteiger partial charge in [-0.2, -0.15) is 0 Å². The zero-order chi connectivity index (χ0) is 12.7. The molecule has 17 heavy (non-hydrogen) atoms. The van der Waals surface area contributed by atoms with E-state index >= 15 is 0 Å². The van der Waals surface area contributed by atoms with Crippen LogP contribution in [-0.2, 0) is 0 Å². The molecule has 3 heteroatoms. The number of hydrogen-bond acceptors (Lipinski definition) is 3. The maximum Gasteiger partial charge on any atom is 0.119 e. The van der Waals surface area contributed by atoms with Crippen LogP contribution in [0.4, 0.5) is 0 Å². The number of aliphatic hydroxyl groups excluding tert-OH is 1. The van der Waals surface area contributed by atoms with E-state index < -0.39 is 6.10 Å². The van der Waals surface area contributed by atoms with Crippen LogP contribution in [0.1, 0.15) is 38.8 Å². The lowest BCUT2D eigenvalue weighted by molar-refractivity contribution is 0.122. The Kier molecular flexibility index (Phi) is 6.01. The summed E-state index contributed by atoms with van der Waals surface area (Å²) in [6, 6.07) is 8.48. The first-order valence-corrected chi connectivity index (χ1v) is 6.31. The van der Waals surface area contributed by atoms with Gasteiger partial charge in [0.1, 0.15) is 12.4 Å². The fourth-order valence-corrected chi connectivity index (χ4v) is 1.76. The van der Waals surface area contributed by atoms with Crippen molar-refractivity contribution >= 4 is 0 Å². The zero-order valence-corrected chi connectivity index (χ0v) is 10.9. The van der Waals surface area contributed by atoms with Crippen LogP contribution in [-0.4, -0.2) is 24.4 Å². The van der Waals surface area contributed by atoms with Crippen molar-refractivity contribution in [1.29, 1.82) is 0 Å². The van der Waals surface area contributed by atoms with E-state index in [1.54, 1.807) is 6.92 Å². The van der Waals surface area contributed by atoms with Gasteiger partial charge in [0.15, 0.2) is 0 Å². The second-order valence-corrected chi connectivity index (χ2v) is 4.25. The number of hydrogen-bond donors (Lipinski definition) is 2. The van der Waals surface area contributed by atoms with Gasteiger partial charge in [-0.05, 0) is 37.6 Å². The summed E-state index contributed by atoms with van der Waals surface area (Å²) in [7, 11) is 0. The molecule has 0 spiro atoms. The number of rotatable bonds is 7. The van der Waals surface area contributed by atoms with Crippen molar-refractivity contribution in [2.75, 3.05) is 13.2 Å². The molecule has 1 aromatic carbocycles. The lowest BCUT2D eigenvalue weighted by Crippen LogP contribution is -2.20. The third-order valence-corrected chi connectivity index (χ3v) is 2.63. The standard InChI is InChI=1S/C14H23NO2/c1-4-14(15-5-2)12-6-8-13(9-7-12)17-10-11(3)16/h6-9,11,14-16H,4-5,10H2,1-3H3. The molecule has 1 aromatic rings. The third kappa shape index (κ3) is 4.75. The highest BCUT2D eigenvalue weighted by Gasteiger charge is 2.07. The SMILES string of the molecule is CCNC(CC)c1ccc(OCC(C)O)cc1. The molecular weight excluding hydrogens is 214 g/mol. The summed E-state index contributed by atoms with van der Waals surface area (Å²) in [6.07, 6.45) is 0.640. The molecule has 0 aliphatic rings. The van der Waals surface area contributed by atoms with E-state index in [1.807, 2.05) is 12.1 Å². The van der Waals surface area contributed by atoms with Gasteiger partial charge in [-0.3, -0.25) is 0 Å². The molecule has 2 atom stereocenters. The largest absolute Gasteiger partial charge is 0.491 e. The Labute approximate surface area is 104 Å². The van der Waals surface area contributed by atoms with Gasteiger partial charge in [-0.1, -0.05) is 26.0 Å². The molecule has 2 N–H and O–H groups in total. The highest BCUT2D eigenvalue weighted by Crippen LogP contribution is 2.20. The summed E-state index contributed by atoms with van der Waals surface area (Å²) < 4.78 is 5.43. The van der Waals surface area contributed by atoms with Crippen molar-refractivity contribution in [3.05, 3.63) is 29.8 Å². The molecule has 0 heterocycles. The first-order valence-electron chi connectivity index (χ1n) is 6.31. The van der Waals surface area contributed by atoms with Gasteiger partial charge >= 0.3 is 0 Å². The van der Waals surface area contributed by atoms with Crippen LogP contribution in [0.5, 0.6) is 5.75 Å². The van der Waals surface area contributed by atoms with Crippen LogP contribution in [0.15, 0.2) is 24.3 Å². The molecule has 0 aliphatic carbocycles. The van der Waals surface area contributed by atoms with E-state index in [9.17, 15) is 0 Å². The Morgan fingerprint density at radius 2 is 1.88 bits per heavy atom. The van der Waals surface area contributed by atoms with Crippen molar-refractivity contribution < 1.29 is 9.84 Å². The zero-order valence-electron chi connectivity index (χ0n) is 10.9. The molecule has 0 aliphatic heterocycles. The molecule has 0 bridgehead atoms. The molecule has 0 aromatic heterocycles. The molecule has 2 unspecified atom stereocenters. The van der Waals surface area contributed by atoms with Crippen molar-refractivity contribution in [1.82, 2.24) is 5.32 Å². The second-order valence-electron chi connectivity index (χ2n) is 4.25. The average molecular weight is 237 g/mol. The Bertz CT molecular complexity index is 309. The van der Waals surface area contributed by atoms with Gasteiger partial charge in [-0.25, -0.2) is 0 Å². The van der Waals surface area contributed by atoms with Crippen LogP contribution in [0.25, 0.3) is 0 Å². The monoisotopic (exact) mass is 237 g/mol. The molecule has 1 rings (SSSR count). The summed E-state index contributed by atoms with van der Waals surface area (Å²) >= 11 is 0. The second kappa shape index (κ2) is 7.30. The lowest BCUT2D eigenvalue weighted by atomic mass is 10.0. The van der Waals surface area contributed by atoms with Crippen molar-refractivity contribution in [2.24, 2.45) is 0 Å². The quantitative estimate of drug-likeness (QED) is 0.765. The Morgan fingerprint density at radius 3 is 2.35 bits per heavy atom. The van der Waals surface area contributed by atoms with Gasteiger partial charge in [0.2, 0.25) is 0 Å². The molecule has 0 fully saturated rings. The number of ether oxygens (including phenoxy) is 1. The van der Waals surface area contributed by atoms with Crippen LogP contribution >= 0.6 is 0 Å². The molecule has 0 saturated carbocycles. The first-order chi connectivity index (χ1) is 8.17. The minimum Gasteiger partial charge on any atom is -0.491 e. The van der Waals surface area contributed by atoms with E-state index in [-0.39, 0.29) is 0 Å². The van der Waals surface area contributed by atoms with E-state index in [0.717, 1.165) is 18.7 Å². The summed E-state index contributed by atoms with van der Waals surface area (Å²) in [6.45, 7) is 7.31. The Hall–Kier alpha value is -1.06. The van der Waals surface area contributed by atoms with Gasteiger partial charge < -0.3 is 15.2 Å². The average Bonchev–Trinajstić information content (AvgIpc) is 2.34. The van der Waals surface area contributed by atoms with Gasteiger partial charge in [0, 0.05) is 6.04 Å². The van der Waals surface area contributed by atoms with E-state index in [0.29, 0.717) is 12.6 Å². The Morgan fingerprint density at radius 1 is 1.24 bits per heavy atom. The van der Waals surface area contributed by atoms with Crippen LogP contribution < -0.4 is 10.1 Å². The van der Waals surface area contributed by atoms with Crippen LogP contribution in [0, 0.1) is 0 Å². The highest BCUT2D eigenvalue weighted by atomic mass is 16.5. The highest BCUT2D eigenvalue weighted by molar-refractivity contribution is 5.29. The van der Waals surface area contributed by atoms with Gasteiger partial charge in [0.05, 0.1) is 6.10 Å². The minimum atomic E-state index is -0.431. The number of aliphatic hydroxyl groups is 1. The van der Waals surface area contributed by atoms with Crippen molar-refractivity contribution in [2.45, 2.75) is 39.3 Å². The summed E-state index contributed by atoms with van der Waals surface area (Å²) in [5, 5.41) is 12.6. The molecule has 0 amide bonds. The maximum atomic E-state index is 9.13. The van der Waals surface area contributed by atoms with E-state index in [4.69, 9.17) is 9.84 Å². The molecular formula is C14H23NO2. The summed E-state index contributed by atoms with van der Waals surface area (Å²) in [5.41, 5.74) is 1.28. The normalized spacial score (nSPS) is 14.4. The molecule has 0 saturated heterocycles. The van der Waals surface area contributed by atoms with Gasteiger partial charge in [0.25, 0.3) is 0 Å². The minimum absolute atomic E-state index is 0.337. The third-order valence-electron chi connectivity index (χ3n) is 2.63. The topological polar surface area (TPSA) is 41.5 Å². The number of nitrogens with one attached hydrogen (secondary N) is 1. The van der Waals surface area contributed by atoms with Crippen LogP contribution in [0.2, 0.25) is 0 Å². The molecule has 0 radical (unpaired) electrons. The smallest absolute Gasteiger partial charge is 0.119 e. The van der Waals surface area contributed by atoms with Crippen LogP contribution in [0.3, 0.4) is 0 Å². The van der Waals surface area contributed by atoms with Gasteiger partial charge in [-0.15, -0.1) is 0 Å². The Balaban J connectivity index is 2.59. The summed E-state index contributed by atoms with van der Waals surface area (Å²) in [4.78, 5) is 0. The molecule has 3 nitrogen and oxygen atoms in total. The molecule has 96 valence electrons.